The maximum Gasteiger partial charge on any atom is 0.308 e. The van der Waals surface area contributed by atoms with Crippen molar-refractivity contribution in [1.29, 1.82) is 0 Å². The number of hydrogen-bond acceptors (Lipinski definition) is 5. The van der Waals surface area contributed by atoms with Gasteiger partial charge in [0.1, 0.15) is 5.82 Å². The van der Waals surface area contributed by atoms with Gasteiger partial charge in [-0.1, -0.05) is 18.3 Å². The van der Waals surface area contributed by atoms with E-state index in [0.717, 1.165) is 23.3 Å². The lowest BCUT2D eigenvalue weighted by atomic mass is 9.97. The number of nitrogens with one attached hydrogen (secondary N) is 1. The van der Waals surface area contributed by atoms with Gasteiger partial charge in [-0.25, -0.2) is 12.8 Å². The van der Waals surface area contributed by atoms with Crippen molar-refractivity contribution in [3.05, 3.63) is 57.9 Å². The molecule has 4 rings (SSSR count). The molecular weight excluding hydrogens is 453 g/mol. The lowest BCUT2D eigenvalue weighted by molar-refractivity contribution is -0.120. The van der Waals surface area contributed by atoms with E-state index in [-0.39, 0.29) is 40.5 Å². The topological polar surface area (TPSA) is 88.5 Å². The van der Waals surface area contributed by atoms with Crippen LogP contribution in [0.25, 0.3) is 10.2 Å². The maximum absolute atomic E-state index is 13.2. The van der Waals surface area contributed by atoms with Gasteiger partial charge in [0.25, 0.3) is 0 Å². The molecule has 0 saturated carbocycles. The summed E-state index contributed by atoms with van der Waals surface area (Å²) in [5.41, 5.74) is 1.26. The standard InChI is InChI=1S/C22H24FN3O4S2/c1-2-11-26-19-8-7-18(14-20(19)31-22(26)28)32(29,30)25-12-9-15(10-13-25)21(27)24-17-5-3-16(23)4-6-17/h3-8,14-15H,2,9-13H2,1H3,(H,24,27). The lowest BCUT2D eigenvalue weighted by Crippen LogP contribution is -2.41. The van der Waals surface area contributed by atoms with Crippen LogP contribution in [-0.4, -0.2) is 36.3 Å². The molecule has 0 radical (unpaired) electrons. The van der Waals surface area contributed by atoms with Gasteiger partial charge in [0, 0.05) is 31.2 Å². The van der Waals surface area contributed by atoms with Crippen LogP contribution < -0.4 is 10.2 Å². The van der Waals surface area contributed by atoms with E-state index in [1.54, 1.807) is 22.8 Å². The number of fused-ring (bicyclic) bond motifs is 1. The van der Waals surface area contributed by atoms with Gasteiger partial charge in [-0.15, -0.1) is 0 Å². The first-order valence-electron chi connectivity index (χ1n) is 10.5. The van der Waals surface area contributed by atoms with Gasteiger partial charge in [-0.2, -0.15) is 4.31 Å². The normalized spacial score (nSPS) is 15.8. The Morgan fingerprint density at radius 1 is 1.16 bits per heavy atom. The van der Waals surface area contributed by atoms with Gasteiger partial charge in [-0.05, 0) is 61.7 Å². The van der Waals surface area contributed by atoms with Crippen molar-refractivity contribution in [1.82, 2.24) is 8.87 Å². The minimum atomic E-state index is -3.73. The van der Waals surface area contributed by atoms with Crippen LogP contribution in [0.15, 0.2) is 52.2 Å². The highest BCUT2D eigenvalue weighted by Crippen LogP contribution is 2.28. The average molecular weight is 478 g/mol. The third-order valence-corrected chi connectivity index (χ3v) is 8.50. The van der Waals surface area contributed by atoms with Gasteiger partial charge < -0.3 is 5.32 Å². The molecule has 10 heteroatoms. The first-order chi connectivity index (χ1) is 15.3. The molecule has 7 nitrogen and oxygen atoms in total. The molecule has 1 aromatic heterocycles. The summed E-state index contributed by atoms with van der Waals surface area (Å²) in [7, 11) is -3.73. The number of piperidine rings is 1. The van der Waals surface area contributed by atoms with Crippen LogP contribution in [0, 0.1) is 11.7 Å². The quantitative estimate of drug-likeness (QED) is 0.587. The van der Waals surface area contributed by atoms with Crippen molar-refractivity contribution >= 4 is 43.2 Å². The Morgan fingerprint density at radius 3 is 2.50 bits per heavy atom. The Hall–Kier alpha value is -2.56. The zero-order valence-corrected chi connectivity index (χ0v) is 19.2. The summed E-state index contributed by atoms with van der Waals surface area (Å²) in [5.74, 6) is -0.895. The van der Waals surface area contributed by atoms with Crippen LogP contribution in [0.5, 0.6) is 0 Å². The minimum Gasteiger partial charge on any atom is -0.326 e. The fourth-order valence-electron chi connectivity index (χ4n) is 3.93. The first kappa shape index (κ1) is 22.6. The van der Waals surface area contributed by atoms with Crippen molar-refractivity contribution in [2.75, 3.05) is 18.4 Å². The van der Waals surface area contributed by atoms with Crippen LogP contribution in [0.2, 0.25) is 0 Å². The van der Waals surface area contributed by atoms with E-state index < -0.39 is 10.0 Å². The Kier molecular flexibility index (Phi) is 6.45. The van der Waals surface area contributed by atoms with Crippen LogP contribution in [0.3, 0.4) is 0 Å². The van der Waals surface area contributed by atoms with E-state index in [4.69, 9.17) is 0 Å². The zero-order chi connectivity index (χ0) is 22.9. The largest absolute Gasteiger partial charge is 0.326 e. The van der Waals surface area contributed by atoms with E-state index in [1.807, 2.05) is 6.92 Å². The summed E-state index contributed by atoms with van der Waals surface area (Å²) >= 11 is 1.05. The molecule has 0 unspecified atom stereocenters. The molecule has 1 amide bonds. The van der Waals surface area contributed by atoms with E-state index >= 15 is 0 Å². The number of aromatic nitrogens is 1. The highest BCUT2D eigenvalue weighted by Gasteiger charge is 2.32. The van der Waals surface area contributed by atoms with Gasteiger partial charge in [0.2, 0.25) is 15.9 Å². The van der Waals surface area contributed by atoms with Gasteiger partial charge in [-0.3, -0.25) is 14.2 Å². The average Bonchev–Trinajstić information content (AvgIpc) is 3.10. The summed E-state index contributed by atoms with van der Waals surface area (Å²) < 4.78 is 43.0. The Labute approximate surface area is 189 Å². The highest BCUT2D eigenvalue weighted by molar-refractivity contribution is 7.89. The molecule has 1 aliphatic rings. The highest BCUT2D eigenvalue weighted by atomic mass is 32.2. The molecule has 0 bridgehead atoms. The second kappa shape index (κ2) is 9.13. The maximum atomic E-state index is 13.2. The molecule has 32 heavy (non-hydrogen) atoms. The van der Waals surface area contributed by atoms with E-state index in [2.05, 4.69) is 5.32 Å². The van der Waals surface area contributed by atoms with Gasteiger partial charge in [0.15, 0.2) is 0 Å². The van der Waals surface area contributed by atoms with Crippen molar-refractivity contribution in [3.8, 4) is 0 Å². The monoisotopic (exact) mass is 477 g/mol. The van der Waals surface area contributed by atoms with Crippen LogP contribution in [0.1, 0.15) is 26.2 Å². The van der Waals surface area contributed by atoms with E-state index in [1.165, 1.54) is 28.6 Å². The Morgan fingerprint density at radius 2 is 1.84 bits per heavy atom. The Bertz CT molecular complexity index is 1290. The van der Waals surface area contributed by atoms with E-state index in [0.29, 0.717) is 29.8 Å². The number of anilines is 1. The zero-order valence-electron chi connectivity index (χ0n) is 17.6. The second-order valence-electron chi connectivity index (χ2n) is 7.82. The molecule has 170 valence electrons. The SMILES string of the molecule is CCCn1c(=O)sc2cc(S(=O)(=O)N3CCC(C(=O)Nc4ccc(F)cc4)CC3)ccc21. The van der Waals surface area contributed by atoms with Crippen molar-refractivity contribution in [3.63, 3.8) is 0 Å². The number of carbonyl (C=O) groups excluding carboxylic acids is 1. The lowest BCUT2D eigenvalue weighted by Gasteiger charge is -2.30. The number of hydrogen-bond donors (Lipinski definition) is 1. The van der Waals surface area contributed by atoms with Crippen LogP contribution >= 0.6 is 11.3 Å². The number of aryl methyl sites for hydroxylation is 1. The predicted molar refractivity (Wildman–Crippen MR) is 123 cm³/mol. The number of carbonyl (C=O) groups is 1. The molecule has 0 atom stereocenters. The number of benzene rings is 2. The number of amides is 1. The fourth-order valence-corrected chi connectivity index (χ4v) is 6.46. The first-order valence-corrected chi connectivity index (χ1v) is 12.7. The summed E-state index contributed by atoms with van der Waals surface area (Å²) in [4.78, 5) is 24.8. The fraction of sp³-hybridized carbons (Fsp3) is 0.364. The molecule has 0 aliphatic carbocycles. The van der Waals surface area contributed by atoms with Crippen molar-refractivity contribution in [2.45, 2.75) is 37.6 Å². The Balaban J connectivity index is 1.45. The van der Waals surface area contributed by atoms with Crippen molar-refractivity contribution < 1.29 is 17.6 Å². The molecule has 2 aromatic carbocycles. The molecule has 2 heterocycles. The molecular formula is C22H24FN3O4S2. The molecule has 0 spiro atoms. The van der Waals surface area contributed by atoms with Crippen molar-refractivity contribution in [2.24, 2.45) is 5.92 Å². The third-order valence-electron chi connectivity index (χ3n) is 5.66. The van der Waals surface area contributed by atoms with Crippen LogP contribution in [0.4, 0.5) is 10.1 Å². The third kappa shape index (κ3) is 4.48. The number of halogens is 1. The minimum absolute atomic E-state index is 0.0932. The van der Waals surface area contributed by atoms with Gasteiger partial charge in [0.05, 0.1) is 15.1 Å². The number of sulfonamides is 1. The van der Waals surface area contributed by atoms with E-state index in [9.17, 15) is 22.4 Å². The summed E-state index contributed by atoms with van der Waals surface area (Å²) in [5, 5.41) is 2.76. The summed E-state index contributed by atoms with van der Waals surface area (Å²) in [6.45, 7) is 3.04. The summed E-state index contributed by atoms with van der Waals surface area (Å²) in [6.07, 6.45) is 1.61. The summed E-state index contributed by atoms with van der Waals surface area (Å²) in [6, 6.07) is 10.3. The number of nitrogens with zero attached hydrogens (tertiary/aromatic N) is 2. The molecule has 3 aromatic rings. The number of rotatable bonds is 6. The molecule has 1 aliphatic heterocycles. The van der Waals surface area contributed by atoms with Crippen LogP contribution in [-0.2, 0) is 21.4 Å². The molecule has 1 N–H and O–H groups in total. The van der Waals surface area contributed by atoms with Gasteiger partial charge >= 0.3 is 4.87 Å². The number of thiazole rings is 1. The molecule has 1 fully saturated rings. The molecule has 1 saturated heterocycles. The smallest absolute Gasteiger partial charge is 0.308 e. The predicted octanol–water partition coefficient (Wildman–Crippen LogP) is 3.65. The second-order valence-corrected chi connectivity index (χ2v) is 10.8.